The van der Waals surface area contributed by atoms with Crippen LogP contribution in [-0.2, 0) is 4.79 Å². The third kappa shape index (κ3) is 3.82. The van der Waals surface area contributed by atoms with Crippen LogP contribution in [0.15, 0.2) is 0 Å². The first-order chi connectivity index (χ1) is 8.86. The maximum atomic E-state index is 12.5. The smallest absolute Gasteiger partial charge is 0.391 e. The second kappa shape index (κ2) is 5.66. The number of hydrogen-bond donors (Lipinski definition) is 3. The fraction of sp³-hybridized carbons (Fsp3) is 0.917. The Morgan fingerprint density at radius 2 is 1.84 bits per heavy atom. The van der Waals surface area contributed by atoms with E-state index in [1.165, 1.54) is 0 Å². The zero-order chi connectivity index (χ0) is 14.0. The van der Waals surface area contributed by atoms with E-state index in [9.17, 15) is 23.1 Å². The summed E-state index contributed by atoms with van der Waals surface area (Å²) in [6.45, 7) is 0.388. The lowest BCUT2D eigenvalue weighted by Gasteiger charge is -2.30. The normalized spacial score (nSPS) is 36.2. The largest absolute Gasteiger partial charge is 0.392 e. The van der Waals surface area contributed by atoms with Crippen LogP contribution in [0.2, 0.25) is 0 Å². The third-order valence-electron chi connectivity index (χ3n) is 3.96. The molecule has 7 heteroatoms. The SMILES string of the molecule is O=C(NC1CCC(C(F)(F)F)CC1)C1CC(O)CN1. The molecule has 2 atom stereocenters. The number of carbonyl (C=O) groups excluding carboxylic acids is 1. The number of amides is 1. The molecule has 4 nitrogen and oxygen atoms in total. The van der Waals surface area contributed by atoms with Gasteiger partial charge in [-0.25, -0.2) is 0 Å². The van der Waals surface area contributed by atoms with Crippen molar-refractivity contribution in [3.63, 3.8) is 0 Å². The highest BCUT2D eigenvalue weighted by atomic mass is 19.4. The molecule has 0 aromatic heterocycles. The fourth-order valence-electron chi connectivity index (χ4n) is 2.78. The quantitative estimate of drug-likeness (QED) is 0.705. The van der Waals surface area contributed by atoms with Gasteiger partial charge in [-0.15, -0.1) is 0 Å². The minimum Gasteiger partial charge on any atom is -0.392 e. The van der Waals surface area contributed by atoms with Crippen LogP contribution in [0, 0.1) is 5.92 Å². The summed E-state index contributed by atoms with van der Waals surface area (Å²) in [7, 11) is 0. The number of β-amino-alcohol motifs (C(OH)–C–C–N with tert-alkyl or cyclic N) is 1. The summed E-state index contributed by atoms with van der Waals surface area (Å²) in [5, 5.41) is 15.0. The van der Waals surface area contributed by atoms with Crippen molar-refractivity contribution >= 4 is 5.91 Å². The molecule has 0 bridgehead atoms. The Bertz CT molecular complexity index is 327. The van der Waals surface area contributed by atoms with Crippen LogP contribution < -0.4 is 10.6 Å². The highest BCUT2D eigenvalue weighted by Gasteiger charge is 2.41. The molecule has 1 saturated heterocycles. The van der Waals surface area contributed by atoms with Crippen molar-refractivity contribution in [3.8, 4) is 0 Å². The molecule has 0 spiro atoms. The van der Waals surface area contributed by atoms with Crippen LogP contribution in [0.5, 0.6) is 0 Å². The van der Waals surface area contributed by atoms with Gasteiger partial charge in [-0.1, -0.05) is 0 Å². The zero-order valence-electron chi connectivity index (χ0n) is 10.5. The van der Waals surface area contributed by atoms with Gasteiger partial charge in [-0.3, -0.25) is 4.79 Å². The molecule has 1 saturated carbocycles. The number of aliphatic hydroxyl groups excluding tert-OH is 1. The summed E-state index contributed by atoms with van der Waals surface area (Å²) in [4.78, 5) is 11.8. The van der Waals surface area contributed by atoms with Gasteiger partial charge < -0.3 is 15.7 Å². The molecule has 1 aliphatic heterocycles. The van der Waals surface area contributed by atoms with E-state index in [1.807, 2.05) is 0 Å². The summed E-state index contributed by atoms with van der Waals surface area (Å²) in [5.74, 6) is -1.45. The number of nitrogens with one attached hydrogen (secondary N) is 2. The van der Waals surface area contributed by atoms with Crippen LogP contribution >= 0.6 is 0 Å². The molecule has 110 valence electrons. The Kier molecular flexibility index (Phi) is 4.35. The van der Waals surface area contributed by atoms with Crippen molar-refractivity contribution in [1.29, 1.82) is 0 Å². The lowest BCUT2D eigenvalue weighted by molar-refractivity contribution is -0.182. The summed E-state index contributed by atoms with van der Waals surface area (Å²) < 4.78 is 37.5. The number of alkyl halides is 3. The van der Waals surface area contributed by atoms with Crippen LogP contribution in [0.1, 0.15) is 32.1 Å². The average Bonchev–Trinajstić information content (AvgIpc) is 2.75. The third-order valence-corrected chi connectivity index (χ3v) is 3.96. The molecule has 1 heterocycles. The first-order valence-corrected chi connectivity index (χ1v) is 6.65. The second-order valence-corrected chi connectivity index (χ2v) is 5.45. The summed E-state index contributed by atoms with van der Waals surface area (Å²) in [5.41, 5.74) is 0. The molecule has 2 aliphatic rings. The van der Waals surface area contributed by atoms with E-state index in [0.29, 0.717) is 25.8 Å². The van der Waals surface area contributed by atoms with Crippen LogP contribution in [0.25, 0.3) is 0 Å². The molecule has 0 radical (unpaired) electrons. The van der Waals surface area contributed by atoms with E-state index in [0.717, 1.165) is 0 Å². The zero-order valence-corrected chi connectivity index (χ0v) is 10.5. The van der Waals surface area contributed by atoms with E-state index in [-0.39, 0.29) is 24.8 Å². The molecular weight excluding hydrogens is 261 g/mol. The van der Waals surface area contributed by atoms with Crippen molar-refractivity contribution in [3.05, 3.63) is 0 Å². The lowest BCUT2D eigenvalue weighted by Crippen LogP contribution is -2.47. The minimum atomic E-state index is -4.12. The van der Waals surface area contributed by atoms with E-state index in [4.69, 9.17) is 0 Å². The summed E-state index contributed by atoms with van der Waals surface area (Å²) in [6, 6.07) is -0.596. The molecule has 2 fully saturated rings. The van der Waals surface area contributed by atoms with Gasteiger partial charge >= 0.3 is 6.18 Å². The van der Waals surface area contributed by atoms with Gasteiger partial charge in [0.15, 0.2) is 0 Å². The predicted molar refractivity (Wildman–Crippen MR) is 62.4 cm³/mol. The van der Waals surface area contributed by atoms with Gasteiger partial charge in [-0.2, -0.15) is 13.2 Å². The first-order valence-electron chi connectivity index (χ1n) is 6.65. The molecule has 3 N–H and O–H groups in total. The lowest BCUT2D eigenvalue weighted by atomic mass is 9.85. The molecule has 1 amide bonds. The summed E-state index contributed by atoms with van der Waals surface area (Å²) in [6.07, 6.45) is -3.38. The number of hydrogen-bond acceptors (Lipinski definition) is 3. The molecule has 19 heavy (non-hydrogen) atoms. The van der Waals surface area contributed by atoms with Gasteiger partial charge in [0.25, 0.3) is 0 Å². The highest BCUT2D eigenvalue weighted by molar-refractivity contribution is 5.82. The molecular formula is C12H19F3N2O2. The van der Waals surface area contributed by atoms with Crippen LogP contribution in [0.3, 0.4) is 0 Å². The number of carbonyl (C=O) groups is 1. The van der Waals surface area contributed by atoms with Gasteiger partial charge in [0.05, 0.1) is 18.1 Å². The number of rotatable bonds is 2. The predicted octanol–water partition coefficient (Wildman–Crippen LogP) is 0.946. The van der Waals surface area contributed by atoms with Gasteiger partial charge in [0.2, 0.25) is 5.91 Å². The molecule has 2 rings (SSSR count). The number of aliphatic hydroxyl groups is 1. The Morgan fingerprint density at radius 1 is 1.21 bits per heavy atom. The van der Waals surface area contributed by atoms with E-state index in [2.05, 4.69) is 10.6 Å². The van der Waals surface area contributed by atoms with Crippen LogP contribution in [-0.4, -0.2) is 41.9 Å². The van der Waals surface area contributed by atoms with Gasteiger partial charge in [-0.05, 0) is 32.1 Å². The first kappa shape index (κ1) is 14.6. The van der Waals surface area contributed by atoms with Crippen molar-refractivity contribution in [2.24, 2.45) is 5.92 Å². The molecule has 0 aromatic rings. The highest BCUT2D eigenvalue weighted by Crippen LogP contribution is 2.37. The van der Waals surface area contributed by atoms with E-state index < -0.39 is 24.2 Å². The van der Waals surface area contributed by atoms with E-state index in [1.54, 1.807) is 0 Å². The standard InChI is InChI=1S/C12H19F3N2O2/c13-12(14,15)7-1-3-8(4-2-7)17-11(19)10-5-9(18)6-16-10/h7-10,16,18H,1-6H2,(H,17,19). The average molecular weight is 280 g/mol. The molecule has 2 unspecified atom stereocenters. The van der Waals surface area contributed by atoms with Crippen LogP contribution in [0.4, 0.5) is 13.2 Å². The monoisotopic (exact) mass is 280 g/mol. The van der Waals surface area contributed by atoms with Crippen molar-refractivity contribution < 1.29 is 23.1 Å². The Morgan fingerprint density at radius 3 is 2.32 bits per heavy atom. The number of halogens is 3. The maximum Gasteiger partial charge on any atom is 0.391 e. The Hall–Kier alpha value is -0.820. The van der Waals surface area contributed by atoms with Gasteiger partial charge in [0.1, 0.15) is 0 Å². The van der Waals surface area contributed by atoms with Gasteiger partial charge in [0, 0.05) is 12.6 Å². The van der Waals surface area contributed by atoms with E-state index >= 15 is 0 Å². The Balaban J connectivity index is 1.75. The Labute approximate surface area is 109 Å². The molecule has 1 aliphatic carbocycles. The minimum absolute atomic E-state index is 0.0785. The van der Waals surface area contributed by atoms with Crippen molar-refractivity contribution in [2.45, 2.75) is 56.5 Å². The van der Waals surface area contributed by atoms with Crippen molar-refractivity contribution in [1.82, 2.24) is 10.6 Å². The topological polar surface area (TPSA) is 61.4 Å². The second-order valence-electron chi connectivity index (χ2n) is 5.45. The molecule has 0 aromatic carbocycles. The van der Waals surface area contributed by atoms with Crippen molar-refractivity contribution in [2.75, 3.05) is 6.54 Å². The fourth-order valence-corrected chi connectivity index (χ4v) is 2.78. The maximum absolute atomic E-state index is 12.5. The summed E-state index contributed by atoms with van der Waals surface area (Å²) >= 11 is 0.